The van der Waals surface area contributed by atoms with Crippen molar-refractivity contribution in [1.82, 2.24) is 19.9 Å². The summed E-state index contributed by atoms with van der Waals surface area (Å²) in [5.41, 5.74) is 1.75. The minimum absolute atomic E-state index is 0.149. The maximum absolute atomic E-state index is 11.9. The first-order valence-corrected chi connectivity index (χ1v) is 9.00. The molecule has 1 unspecified atom stereocenters. The fraction of sp³-hybridized carbons (Fsp3) is 0.353. The van der Waals surface area contributed by atoms with E-state index in [1.54, 1.807) is 23.6 Å². The van der Waals surface area contributed by atoms with E-state index in [1.807, 2.05) is 0 Å². The molecular weight excluding hydrogens is 322 g/mol. The summed E-state index contributed by atoms with van der Waals surface area (Å²) in [4.78, 5) is 25.4. The molecule has 6 nitrogen and oxygen atoms in total. The number of anilines is 1. The molecule has 0 spiro atoms. The average Bonchev–Trinajstić information content (AvgIpc) is 3.13. The second-order valence-corrected chi connectivity index (χ2v) is 6.27. The van der Waals surface area contributed by atoms with Crippen LogP contribution in [0.3, 0.4) is 0 Å². The van der Waals surface area contributed by atoms with Crippen molar-refractivity contribution in [3.63, 3.8) is 0 Å². The Hall–Kier alpha value is -2.25. The topological polar surface area (TPSA) is 73.9 Å². The van der Waals surface area contributed by atoms with Crippen LogP contribution in [0.2, 0.25) is 0 Å². The van der Waals surface area contributed by atoms with Crippen molar-refractivity contribution in [2.45, 2.75) is 19.9 Å². The number of hydrogen-bond donors (Lipinski definition) is 2. The lowest BCUT2D eigenvalue weighted by molar-refractivity contribution is 0.228. The van der Waals surface area contributed by atoms with Crippen molar-refractivity contribution in [2.24, 2.45) is 0 Å². The molecule has 0 saturated carbocycles. The lowest BCUT2D eigenvalue weighted by Crippen LogP contribution is -2.33. The molecule has 0 aromatic carbocycles. The third-order valence-electron chi connectivity index (χ3n) is 4.18. The molecule has 3 aromatic rings. The lowest BCUT2D eigenvalue weighted by Gasteiger charge is -2.29. The predicted molar refractivity (Wildman–Crippen MR) is 98.6 cm³/mol. The second-order valence-electron chi connectivity index (χ2n) is 5.49. The van der Waals surface area contributed by atoms with Gasteiger partial charge in [-0.15, -0.1) is 0 Å². The quantitative estimate of drug-likeness (QED) is 0.690. The van der Waals surface area contributed by atoms with Crippen LogP contribution in [0.4, 0.5) is 5.82 Å². The van der Waals surface area contributed by atoms with Gasteiger partial charge in [-0.1, -0.05) is 13.8 Å². The highest BCUT2D eigenvalue weighted by Crippen LogP contribution is 2.23. The molecule has 0 saturated heterocycles. The van der Waals surface area contributed by atoms with E-state index in [4.69, 9.17) is 0 Å². The molecule has 24 heavy (non-hydrogen) atoms. The van der Waals surface area contributed by atoms with E-state index in [2.05, 4.69) is 55.8 Å². The molecule has 0 bridgehead atoms. The largest absolute Gasteiger partial charge is 0.368 e. The summed E-state index contributed by atoms with van der Waals surface area (Å²) in [6.45, 7) is 7.03. The van der Waals surface area contributed by atoms with E-state index in [0.29, 0.717) is 16.7 Å². The molecule has 2 N–H and O–H groups in total. The average molecular weight is 343 g/mol. The summed E-state index contributed by atoms with van der Waals surface area (Å²) in [5.74, 6) is 0.688. The lowest BCUT2D eigenvalue weighted by atomic mass is 10.1. The van der Waals surface area contributed by atoms with E-state index in [1.165, 1.54) is 11.9 Å². The van der Waals surface area contributed by atoms with Gasteiger partial charge in [0.15, 0.2) is 0 Å². The van der Waals surface area contributed by atoms with Gasteiger partial charge in [-0.2, -0.15) is 11.3 Å². The molecule has 0 aliphatic rings. The SMILES string of the molecule is CCN(CC)C(CNc1cc2c(=O)[nH]cnc2cn1)c1ccsc1. The Balaban J connectivity index is 1.82. The third kappa shape index (κ3) is 3.47. The Bertz CT molecular complexity index is 842. The smallest absolute Gasteiger partial charge is 0.258 e. The predicted octanol–water partition coefficient (Wildman–Crippen LogP) is 2.87. The Labute approximate surface area is 144 Å². The molecule has 3 aromatic heterocycles. The van der Waals surface area contributed by atoms with Gasteiger partial charge < -0.3 is 10.3 Å². The van der Waals surface area contributed by atoms with Crippen LogP contribution in [0.5, 0.6) is 0 Å². The van der Waals surface area contributed by atoms with Crippen molar-refractivity contribution in [3.05, 3.63) is 51.3 Å². The number of nitrogens with zero attached hydrogens (tertiary/aromatic N) is 3. The zero-order chi connectivity index (χ0) is 16.9. The van der Waals surface area contributed by atoms with Gasteiger partial charge in [0.1, 0.15) is 5.82 Å². The monoisotopic (exact) mass is 343 g/mol. The van der Waals surface area contributed by atoms with Crippen LogP contribution in [0, 0.1) is 0 Å². The summed E-state index contributed by atoms with van der Waals surface area (Å²) in [7, 11) is 0. The Morgan fingerprint density at radius 3 is 2.88 bits per heavy atom. The van der Waals surface area contributed by atoms with Gasteiger partial charge in [0, 0.05) is 6.54 Å². The third-order valence-corrected chi connectivity index (χ3v) is 4.89. The number of likely N-dealkylation sites (N-methyl/N-ethyl adjacent to an activating group) is 1. The van der Waals surface area contributed by atoms with Gasteiger partial charge in [-0.05, 0) is 41.5 Å². The zero-order valence-corrected chi connectivity index (χ0v) is 14.6. The molecule has 0 amide bonds. The molecule has 7 heteroatoms. The molecule has 0 fully saturated rings. The first-order valence-electron chi connectivity index (χ1n) is 8.06. The number of aromatic nitrogens is 3. The minimum atomic E-state index is -0.149. The van der Waals surface area contributed by atoms with Gasteiger partial charge in [-0.3, -0.25) is 9.69 Å². The summed E-state index contributed by atoms with van der Waals surface area (Å²) in [6.07, 6.45) is 3.02. The maximum atomic E-state index is 11.9. The van der Waals surface area contributed by atoms with Crippen LogP contribution in [0.15, 0.2) is 40.2 Å². The van der Waals surface area contributed by atoms with Gasteiger partial charge in [0.2, 0.25) is 0 Å². The molecule has 0 aliphatic heterocycles. The highest BCUT2D eigenvalue weighted by molar-refractivity contribution is 7.07. The maximum Gasteiger partial charge on any atom is 0.258 e. The van der Waals surface area contributed by atoms with Crippen molar-refractivity contribution in [3.8, 4) is 0 Å². The molecule has 3 heterocycles. The Morgan fingerprint density at radius 2 is 2.17 bits per heavy atom. The van der Waals surface area contributed by atoms with Crippen LogP contribution in [0.25, 0.3) is 10.9 Å². The summed E-state index contributed by atoms with van der Waals surface area (Å²) in [6, 6.07) is 4.20. The number of rotatable bonds is 7. The van der Waals surface area contributed by atoms with Crippen LogP contribution in [-0.4, -0.2) is 39.5 Å². The van der Waals surface area contributed by atoms with E-state index in [0.717, 1.165) is 19.6 Å². The van der Waals surface area contributed by atoms with Crippen molar-refractivity contribution >= 4 is 28.1 Å². The van der Waals surface area contributed by atoms with Crippen molar-refractivity contribution in [1.29, 1.82) is 0 Å². The summed E-state index contributed by atoms with van der Waals surface area (Å²) >= 11 is 1.71. The van der Waals surface area contributed by atoms with Crippen LogP contribution < -0.4 is 10.9 Å². The van der Waals surface area contributed by atoms with Gasteiger partial charge in [0.05, 0.1) is 29.5 Å². The van der Waals surface area contributed by atoms with Gasteiger partial charge >= 0.3 is 0 Å². The van der Waals surface area contributed by atoms with Crippen LogP contribution in [-0.2, 0) is 0 Å². The Kier molecular flexibility index (Phi) is 5.22. The minimum Gasteiger partial charge on any atom is -0.368 e. The van der Waals surface area contributed by atoms with Crippen LogP contribution in [0.1, 0.15) is 25.5 Å². The summed E-state index contributed by atoms with van der Waals surface area (Å²) < 4.78 is 0. The van der Waals surface area contributed by atoms with Gasteiger partial charge in [-0.25, -0.2) is 9.97 Å². The van der Waals surface area contributed by atoms with Gasteiger partial charge in [0.25, 0.3) is 5.56 Å². The number of H-pyrrole nitrogens is 1. The van der Waals surface area contributed by atoms with E-state index < -0.39 is 0 Å². The number of nitrogens with one attached hydrogen (secondary N) is 2. The number of thiophene rings is 1. The fourth-order valence-corrected chi connectivity index (χ4v) is 3.56. The zero-order valence-electron chi connectivity index (χ0n) is 13.8. The summed E-state index contributed by atoms with van der Waals surface area (Å²) in [5, 5.41) is 8.21. The molecular formula is C17H21N5OS. The first kappa shape index (κ1) is 16.6. The molecule has 0 radical (unpaired) electrons. The number of hydrogen-bond acceptors (Lipinski definition) is 6. The van der Waals surface area contributed by atoms with E-state index >= 15 is 0 Å². The highest BCUT2D eigenvalue weighted by atomic mass is 32.1. The number of pyridine rings is 1. The number of fused-ring (bicyclic) bond motifs is 1. The van der Waals surface area contributed by atoms with Crippen molar-refractivity contribution < 1.29 is 0 Å². The first-order chi connectivity index (χ1) is 11.7. The molecule has 126 valence electrons. The van der Waals surface area contributed by atoms with Crippen LogP contribution >= 0.6 is 11.3 Å². The molecule has 1 atom stereocenters. The molecule has 0 aliphatic carbocycles. The molecule has 3 rings (SSSR count). The van der Waals surface area contributed by atoms with Crippen molar-refractivity contribution in [2.75, 3.05) is 25.0 Å². The normalized spacial score (nSPS) is 12.6. The fourth-order valence-electron chi connectivity index (χ4n) is 2.86. The standard InChI is InChI=1S/C17H21N5OS/c1-3-22(4-2)15(12-5-6-24-10-12)9-19-16-7-13-14(8-18-16)20-11-21-17(13)23/h5-8,10-11,15H,3-4,9H2,1-2H3,(H,18,19)(H,20,21,23). The van der Waals surface area contributed by atoms with E-state index in [-0.39, 0.29) is 11.6 Å². The number of aromatic amines is 1. The Morgan fingerprint density at radius 1 is 1.33 bits per heavy atom. The second kappa shape index (κ2) is 7.55. The highest BCUT2D eigenvalue weighted by Gasteiger charge is 2.18. The van der Waals surface area contributed by atoms with E-state index in [9.17, 15) is 4.79 Å².